The minimum absolute atomic E-state index is 0.0177. The topological polar surface area (TPSA) is 51.1 Å². The number of carbonyl (C=O) groups excluding carboxylic acids is 1. The molecule has 0 unspecified atom stereocenters. The van der Waals surface area contributed by atoms with Crippen molar-refractivity contribution in [1.82, 2.24) is 0 Å². The highest BCUT2D eigenvalue weighted by Gasteiger charge is 2.24. The molecule has 1 aliphatic heterocycles. The number of benzene rings is 1. The number of likely N-dealkylation sites (N-methyl/N-ethyl adjacent to an activating group) is 1. The van der Waals surface area contributed by atoms with Gasteiger partial charge < -0.3 is 14.5 Å². The fraction of sp³-hybridized carbons (Fsp3) is 0.500. The zero-order chi connectivity index (χ0) is 15.2. The third-order valence-electron chi connectivity index (χ3n) is 3.43. The predicted molar refractivity (Wildman–Crippen MR) is 83.0 cm³/mol. The van der Waals surface area contributed by atoms with Crippen LogP contribution in [0.15, 0.2) is 23.4 Å². The molecule has 2 rings (SSSR count). The van der Waals surface area contributed by atoms with Gasteiger partial charge in [0, 0.05) is 12.1 Å². The lowest BCUT2D eigenvalue weighted by atomic mass is 10.1. The highest BCUT2D eigenvalue weighted by atomic mass is 16.6. The Bertz CT molecular complexity index is 540. The number of anilines is 1. The van der Waals surface area contributed by atoms with Gasteiger partial charge in [0.1, 0.15) is 12.4 Å². The molecule has 0 aromatic heterocycles. The van der Waals surface area contributed by atoms with Crippen LogP contribution in [0.4, 0.5) is 5.69 Å². The molecule has 0 N–H and O–H groups in total. The number of fused-ring (bicyclic) bond motifs is 1. The molecule has 0 bridgehead atoms. The van der Waals surface area contributed by atoms with Crippen molar-refractivity contribution in [2.24, 2.45) is 5.16 Å². The van der Waals surface area contributed by atoms with Gasteiger partial charge >= 0.3 is 0 Å². The summed E-state index contributed by atoms with van der Waals surface area (Å²) in [7, 11) is 0. The van der Waals surface area contributed by atoms with Crippen LogP contribution in [-0.4, -0.2) is 31.4 Å². The molecular weight excluding hydrogens is 268 g/mol. The number of nitrogens with zero attached hydrogens (tertiary/aromatic N) is 2. The minimum atomic E-state index is -0.0177. The predicted octanol–water partition coefficient (Wildman–Crippen LogP) is 2.97. The standard InChI is InChI=1S/C16H22N2O3/c1-4-6-9-21-17-12(3)13-7-8-15-14(10-13)18(5-2)16(19)11-20-15/h7-8,10H,4-6,9,11H2,1-3H3/b17-12+. The maximum atomic E-state index is 11.9. The van der Waals surface area contributed by atoms with Gasteiger partial charge in [0.15, 0.2) is 6.61 Å². The lowest BCUT2D eigenvalue weighted by molar-refractivity contribution is -0.121. The molecule has 0 radical (unpaired) electrons. The Balaban J connectivity index is 2.19. The van der Waals surface area contributed by atoms with Gasteiger partial charge in [-0.2, -0.15) is 0 Å². The molecule has 1 aromatic carbocycles. The van der Waals surface area contributed by atoms with Crippen LogP contribution in [0, 0.1) is 0 Å². The smallest absolute Gasteiger partial charge is 0.265 e. The van der Waals surface area contributed by atoms with Crippen molar-refractivity contribution in [2.75, 3.05) is 24.7 Å². The molecule has 1 aliphatic rings. The first kappa shape index (κ1) is 15.4. The summed E-state index contributed by atoms with van der Waals surface area (Å²) in [5.74, 6) is 0.718. The Morgan fingerprint density at radius 3 is 2.95 bits per heavy atom. The van der Waals surface area contributed by atoms with Crippen molar-refractivity contribution in [1.29, 1.82) is 0 Å². The molecule has 5 heteroatoms. The zero-order valence-electron chi connectivity index (χ0n) is 12.9. The third-order valence-corrected chi connectivity index (χ3v) is 3.43. The van der Waals surface area contributed by atoms with Crippen LogP contribution >= 0.6 is 0 Å². The van der Waals surface area contributed by atoms with Crippen molar-refractivity contribution >= 4 is 17.3 Å². The Kier molecular flexibility index (Phi) is 5.20. The number of hydrogen-bond acceptors (Lipinski definition) is 4. The summed E-state index contributed by atoms with van der Waals surface area (Å²) in [6.45, 7) is 7.32. The Hall–Kier alpha value is -2.04. The second-order valence-corrected chi connectivity index (χ2v) is 4.97. The molecular formula is C16H22N2O3. The quantitative estimate of drug-likeness (QED) is 0.460. The van der Waals surface area contributed by atoms with Gasteiger partial charge in [-0.15, -0.1) is 0 Å². The second-order valence-electron chi connectivity index (χ2n) is 4.97. The Labute approximate surface area is 125 Å². The molecule has 114 valence electrons. The highest BCUT2D eigenvalue weighted by Crippen LogP contribution is 2.32. The summed E-state index contributed by atoms with van der Waals surface area (Å²) in [4.78, 5) is 18.9. The van der Waals surface area contributed by atoms with Crippen molar-refractivity contribution in [2.45, 2.75) is 33.6 Å². The largest absolute Gasteiger partial charge is 0.482 e. The minimum Gasteiger partial charge on any atom is -0.482 e. The van der Waals surface area contributed by atoms with E-state index in [-0.39, 0.29) is 12.5 Å². The molecule has 1 heterocycles. The maximum Gasteiger partial charge on any atom is 0.265 e. The normalized spacial score (nSPS) is 14.7. The van der Waals surface area contributed by atoms with Crippen molar-refractivity contribution < 1.29 is 14.4 Å². The van der Waals surface area contributed by atoms with Gasteiger partial charge in [0.2, 0.25) is 0 Å². The van der Waals surface area contributed by atoms with Crippen molar-refractivity contribution in [3.63, 3.8) is 0 Å². The fourth-order valence-corrected chi connectivity index (χ4v) is 2.18. The van der Waals surface area contributed by atoms with E-state index in [0.717, 1.165) is 35.6 Å². The Morgan fingerprint density at radius 2 is 2.24 bits per heavy atom. The molecule has 21 heavy (non-hydrogen) atoms. The van der Waals surface area contributed by atoms with E-state index >= 15 is 0 Å². The van der Waals surface area contributed by atoms with E-state index < -0.39 is 0 Å². The molecule has 0 saturated heterocycles. The van der Waals surface area contributed by atoms with E-state index in [9.17, 15) is 4.79 Å². The van der Waals surface area contributed by atoms with Crippen LogP contribution in [0.3, 0.4) is 0 Å². The first-order chi connectivity index (χ1) is 10.2. The molecule has 1 aromatic rings. The first-order valence-electron chi connectivity index (χ1n) is 7.41. The van der Waals surface area contributed by atoms with Crippen molar-refractivity contribution in [3.05, 3.63) is 23.8 Å². The monoisotopic (exact) mass is 290 g/mol. The average molecular weight is 290 g/mol. The van der Waals surface area contributed by atoms with Crippen LogP contribution in [0.25, 0.3) is 0 Å². The van der Waals surface area contributed by atoms with Crippen LogP contribution in [-0.2, 0) is 9.63 Å². The number of carbonyl (C=O) groups is 1. The summed E-state index contributed by atoms with van der Waals surface area (Å²) in [5, 5.41) is 4.12. The molecule has 0 aliphatic carbocycles. The summed E-state index contributed by atoms with van der Waals surface area (Å²) < 4.78 is 5.45. The lowest BCUT2D eigenvalue weighted by Crippen LogP contribution is -2.38. The first-order valence-corrected chi connectivity index (χ1v) is 7.41. The number of oxime groups is 1. The van der Waals surface area contributed by atoms with Gasteiger partial charge in [0.05, 0.1) is 11.4 Å². The lowest BCUT2D eigenvalue weighted by Gasteiger charge is -2.28. The fourth-order valence-electron chi connectivity index (χ4n) is 2.18. The van der Waals surface area contributed by atoms with Crippen LogP contribution in [0.1, 0.15) is 39.2 Å². The third kappa shape index (κ3) is 3.54. The number of hydrogen-bond donors (Lipinski definition) is 0. The number of amides is 1. The van der Waals surface area contributed by atoms with E-state index in [1.165, 1.54) is 0 Å². The summed E-state index contributed by atoms with van der Waals surface area (Å²) in [6.07, 6.45) is 2.07. The van der Waals surface area contributed by atoms with Gasteiger partial charge in [-0.1, -0.05) is 18.5 Å². The highest BCUT2D eigenvalue weighted by molar-refractivity contribution is 6.02. The summed E-state index contributed by atoms with van der Waals surface area (Å²) in [5.41, 5.74) is 2.53. The molecule has 5 nitrogen and oxygen atoms in total. The molecule has 0 spiro atoms. The van der Waals surface area contributed by atoms with Gasteiger partial charge in [-0.05, 0) is 38.5 Å². The number of rotatable bonds is 6. The number of ether oxygens (including phenoxy) is 1. The van der Waals surface area contributed by atoms with Gasteiger partial charge in [0.25, 0.3) is 5.91 Å². The zero-order valence-corrected chi connectivity index (χ0v) is 12.9. The molecule has 1 amide bonds. The van der Waals surface area contributed by atoms with Crippen LogP contribution < -0.4 is 9.64 Å². The maximum absolute atomic E-state index is 11.9. The van der Waals surface area contributed by atoms with E-state index in [2.05, 4.69) is 12.1 Å². The molecule has 0 saturated carbocycles. The second kappa shape index (κ2) is 7.11. The molecule has 0 fully saturated rings. The van der Waals surface area contributed by atoms with Gasteiger partial charge in [-0.3, -0.25) is 4.79 Å². The van der Waals surface area contributed by atoms with E-state index in [1.54, 1.807) is 4.90 Å². The number of unbranched alkanes of at least 4 members (excludes halogenated alkanes) is 1. The van der Waals surface area contributed by atoms with Crippen LogP contribution in [0.5, 0.6) is 5.75 Å². The summed E-state index contributed by atoms with van der Waals surface area (Å²) >= 11 is 0. The van der Waals surface area contributed by atoms with E-state index in [1.807, 2.05) is 32.0 Å². The van der Waals surface area contributed by atoms with Crippen LogP contribution in [0.2, 0.25) is 0 Å². The SMILES string of the molecule is CCCCO/N=C(\C)c1ccc2c(c1)N(CC)C(=O)CO2. The summed E-state index contributed by atoms with van der Waals surface area (Å²) in [6, 6.07) is 5.74. The Morgan fingerprint density at radius 1 is 1.43 bits per heavy atom. The van der Waals surface area contributed by atoms with E-state index in [0.29, 0.717) is 13.2 Å². The van der Waals surface area contributed by atoms with Gasteiger partial charge in [-0.25, -0.2) is 0 Å². The average Bonchev–Trinajstić information content (AvgIpc) is 2.50. The van der Waals surface area contributed by atoms with Crippen molar-refractivity contribution in [3.8, 4) is 5.75 Å². The molecule has 0 atom stereocenters. The van der Waals surface area contributed by atoms with E-state index in [4.69, 9.17) is 9.57 Å².